The Morgan fingerprint density at radius 3 is 1.00 bits per heavy atom. The number of hydrogen-bond donors (Lipinski definition) is 2. The van der Waals surface area contributed by atoms with E-state index in [0.717, 1.165) is 0 Å². The van der Waals surface area contributed by atoms with Gasteiger partial charge in [-0.15, -0.1) is 20.4 Å². The standard InChI is InChI=1S/2C2H4N4.Ru/c2*3-6-1-4-5-2-6;/h2*1-2H,3H2;. The third kappa shape index (κ3) is 4.86. The van der Waals surface area contributed by atoms with Gasteiger partial charge < -0.3 is 11.7 Å². The van der Waals surface area contributed by atoms with Gasteiger partial charge in [0.25, 0.3) is 0 Å². The molecule has 4 N–H and O–H groups in total. The summed E-state index contributed by atoms with van der Waals surface area (Å²) in [6.45, 7) is 0. The molecule has 2 aromatic rings. The van der Waals surface area contributed by atoms with Crippen molar-refractivity contribution in [2.24, 2.45) is 0 Å². The summed E-state index contributed by atoms with van der Waals surface area (Å²) in [5, 5.41) is 13.6. The Balaban J connectivity index is 0.000000206. The minimum absolute atomic E-state index is 0. The molecule has 2 rings (SSSR count). The van der Waals surface area contributed by atoms with Gasteiger partial charge in [0.05, 0.1) is 0 Å². The van der Waals surface area contributed by atoms with Crippen LogP contribution in [0, 0.1) is 0 Å². The molecule has 0 fully saturated rings. The Kier molecular flexibility index (Phi) is 5.37. The second-order valence-corrected chi connectivity index (χ2v) is 1.82. The Morgan fingerprint density at radius 1 is 0.692 bits per heavy atom. The molecule has 0 amide bonds. The maximum absolute atomic E-state index is 5.07. The predicted molar refractivity (Wildman–Crippen MR) is 40.3 cm³/mol. The molecule has 0 saturated carbocycles. The summed E-state index contributed by atoms with van der Waals surface area (Å²) in [4.78, 5) is 0. The number of rotatable bonds is 0. The maximum atomic E-state index is 5.07. The summed E-state index contributed by atoms with van der Waals surface area (Å²) in [5.41, 5.74) is 0. The average molecular weight is 269 g/mol. The molecule has 0 saturated heterocycles. The van der Waals surface area contributed by atoms with Crippen LogP contribution in [0.5, 0.6) is 0 Å². The SMILES string of the molecule is Nn1cnnc1.Nn1cnnc1.[Ru]. The van der Waals surface area contributed by atoms with Crippen LogP contribution in [0.2, 0.25) is 0 Å². The Bertz CT molecular complexity index is 256. The van der Waals surface area contributed by atoms with Crippen molar-refractivity contribution >= 4 is 0 Å². The number of hydrogen-bond acceptors (Lipinski definition) is 6. The van der Waals surface area contributed by atoms with E-state index in [1.54, 1.807) is 0 Å². The minimum Gasteiger partial charge on any atom is -0.337 e. The first-order valence-corrected chi connectivity index (χ1v) is 2.98. The molecule has 0 unspecified atom stereocenters. The normalized spacial score (nSPS) is 8.00. The van der Waals surface area contributed by atoms with Gasteiger partial charge in [-0.2, -0.15) is 0 Å². The van der Waals surface area contributed by atoms with Gasteiger partial charge in [0, 0.05) is 19.5 Å². The van der Waals surface area contributed by atoms with Gasteiger partial charge in [0.1, 0.15) is 25.3 Å². The topological polar surface area (TPSA) is 113 Å². The molecule has 8 nitrogen and oxygen atoms in total. The summed E-state index contributed by atoms with van der Waals surface area (Å²) in [7, 11) is 0. The summed E-state index contributed by atoms with van der Waals surface area (Å²) >= 11 is 0. The third-order valence-electron chi connectivity index (χ3n) is 0.873. The van der Waals surface area contributed by atoms with E-state index < -0.39 is 0 Å². The molecule has 0 radical (unpaired) electrons. The van der Waals surface area contributed by atoms with Crippen LogP contribution >= 0.6 is 0 Å². The van der Waals surface area contributed by atoms with Crippen molar-refractivity contribution in [3.8, 4) is 0 Å². The van der Waals surface area contributed by atoms with Crippen molar-refractivity contribution in [3.63, 3.8) is 0 Å². The second kappa shape index (κ2) is 6.07. The van der Waals surface area contributed by atoms with Gasteiger partial charge in [-0.05, 0) is 0 Å². The fourth-order valence-electron chi connectivity index (χ4n) is 0.417. The number of nitrogens with two attached hydrogens (primary N) is 2. The number of nitrogens with zero attached hydrogens (tertiary/aromatic N) is 6. The fraction of sp³-hybridized carbons (Fsp3) is 0. The Hall–Kier alpha value is -1.50. The Labute approximate surface area is 86.7 Å². The summed E-state index contributed by atoms with van der Waals surface area (Å²) in [6, 6.07) is 0. The van der Waals surface area contributed by atoms with E-state index in [2.05, 4.69) is 20.4 Å². The molecule has 0 bridgehead atoms. The first kappa shape index (κ1) is 11.5. The van der Waals surface area contributed by atoms with Crippen molar-refractivity contribution in [2.75, 3.05) is 11.7 Å². The number of nitrogen functional groups attached to an aromatic ring is 2. The van der Waals surface area contributed by atoms with Crippen molar-refractivity contribution in [1.29, 1.82) is 0 Å². The smallest absolute Gasteiger partial charge is 0.138 e. The van der Waals surface area contributed by atoms with E-state index in [1.807, 2.05) is 0 Å². The zero-order valence-electron chi connectivity index (χ0n) is 6.50. The van der Waals surface area contributed by atoms with Crippen molar-refractivity contribution in [3.05, 3.63) is 25.3 Å². The van der Waals surface area contributed by atoms with Crippen LogP contribution < -0.4 is 11.7 Å². The van der Waals surface area contributed by atoms with Crippen LogP contribution in [0.3, 0.4) is 0 Å². The van der Waals surface area contributed by atoms with E-state index in [1.165, 1.54) is 34.7 Å². The van der Waals surface area contributed by atoms with Crippen LogP contribution in [0.25, 0.3) is 0 Å². The largest absolute Gasteiger partial charge is 0.337 e. The van der Waals surface area contributed by atoms with Crippen molar-refractivity contribution in [1.82, 2.24) is 29.7 Å². The zero-order chi connectivity index (χ0) is 8.81. The Morgan fingerprint density at radius 2 is 0.923 bits per heavy atom. The van der Waals surface area contributed by atoms with Crippen LogP contribution in [0.15, 0.2) is 25.3 Å². The van der Waals surface area contributed by atoms with Crippen molar-refractivity contribution < 1.29 is 19.5 Å². The fourth-order valence-corrected chi connectivity index (χ4v) is 0.417. The molecule has 2 aromatic heterocycles. The zero-order valence-corrected chi connectivity index (χ0v) is 8.24. The molecule has 2 heterocycles. The molecule has 0 aliphatic heterocycles. The molecular weight excluding hydrogens is 261 g/mol. The monoisotopic (exact) mass is 270 g/mol. The van der Waals surface area contributed by atoms with Crippen LogP contribution in [-0.4, -0.2) is 29.7 Å². The van der Waals surface area contributed by atoms with E-state index in [9.17, 15) is 0 Å². The molecule has 0 aliphatic carbocycles. The average Bonchev–Trinajstić information content (AvgIpc) is 2.63. The molecule has 0 atom stereocenters. The molecule has 0 aromatic carbocycles. The maximum Gasteiger partial charge on any atom is 0.138 e. The van der Waals surface area contributed by atoms with Crippen LogP contribution in [0.4, 0.5) is 0 Å². The van der Waals surface area contributed by atoms with Gasteiger partial charge in [-0.3, -0.25) is 0 Å². The van der Waals surface area contributed by atoms with E-state index in [4.69, 9.17) is 11.7 Å². The van der Waals surface area contributed by atoms with E-state index in [0.29, 0.717) is 0 Å². The molecule has 0 spiro atoms. The molecular formula is C4H8N8Ru. The second-order valence-electron chi connectivity index (χ2n) is 1.82. The van der Waals surface area contributed by atoms with Gasteiger partial charge in [0.2, 0.25) is 0 Å². The van der Waals surface area contributed by atoms with Crippen LogP contribution in [0.1, 0.15) is 0 Å². The van der Waals surface area contributed by atoms with Crippen molar-refractivity contribution in [2.45, 2.75) is 0 Å². The molecule has 9 heteroatoms. The first-order valence-electron chi connectivity index (χ1n) is 2.98. The predicted octanol–water partition coefficient (Wildman–Crippen LogP) is -2.02. The van der Waals surface area contributed by atoms with Crippen LogP contribution in [-0.2, 0) is 19.5 Å². The summed E-state index contributed by atoms with van der Waals surface area (Å²) in [5.74, 6) is 10.1. The van der Waals surface area contributed by atoms with Gasteiger partial charge in [0.15, 0.2) is 0 Å². The quantitative estimate of drug-likeness (QED) is 0.421. The van der Waals surface area contributed by atoms with Gasteiger partial charge in [-0.25, -0.2) is 9.35 Å². The minimum atomic E-state index is 0. The van der Waals surface area contributed by atoms with E-state index in [-0.39, 0.29) is 19.5 Å². The van der Waals surface area contributed by atoms with Gasteiger partial charge >= 0.3 is 0 Å². The number of aromatic nitrogens is 6. The molecule has 0 aliphatic rings. The molecule has 72 valence electrons. The van der Waals surface area contributed by atoms with E-state index >= 15 is 0 Å². The third-order valence-corrected chi connectivity index (χ3v) is 0.873. The summed E-state index contributed by atoms with van der Waals surface area (Å²) < 4.78 is 2.56. The molecule has 13 heavy (non-hydrogen) atoms. The summed E-state index contributed by atoms with van der Waals surface area (Å²) in [6.07, 6.45) is 5.67. The first-order chi connectivity index (χ1) is 5.79. The van der Waals surface area contributed by atoms with Gasteiger partial charge in [-0.1, -0.05) is 0 Å².